The fourth-order valence-corrected chi connectivity index (χ4v) is 2.51. The number of rotatable bonds is 3. The Morgan fingerprint density at radius 3 is 2.50 bits per heavy atom. The summed E-state index contributed by atoms with van der Waals surface area (Å²) < 4.78 is 0. The quantitative estimate of drug-likeness (QED) is 0.835. The molecule has 0 bridgehead atoms. The first-order valence-corrected chi connectivity index (χ1v) is 6.55. The topological polar surface area (TPSA) is 66.6 Å². The number of fused-ring (bicyclic) bond motifs is 1. The van der Waals surface area contributed by atoms with Crippen molar-refractivity contribution in [2.75, 3.05) is 10.6 Å². The second-order valence-electron chi connectivity index (χ2n) is 5.02. The van der Waals surface area contributed by atoms with Crippen molar-refractivity contribution in [1.29, 1.82) is 0 Å². The van der Waals surface area contributed by atoms with E-state index in [4.69, 9.17) is 10.8 Å². The van der Waals surface area contributed by atoms with Crippen molar-refractivity contribution >= 4 is 17.3 Å². The van der Waals surface area contributed by atoms with Crippen molar-refractivity contribution in [1.82, 2.24) is 0 Å². The third kappa shape index (κ3) is 2.26. The minimum absolute atomic E-state index is 0.0328. The summed E-state index contributed by atoms with van der Waals surface area (Å²) in [7, 11) is 0. The van der Waals surface area contributed by atoms with Crippen molar-refractivity contribution in [3.63, 3.8) is 0 Å². The summed E-state index contributed by atoms with van der Waals surface area (Å²) in [6, 6.07) is 13.2. The Kier molecular flexibility index (Phi) is 3.16. The van der Waals surface area contributed by atoms with E-state index in [0.29, 0.717) is 18.7 Å². The summed E-state index contributed by atoms with van der Waals surface area (Å²) in [5.41, 5.74) is 10.3. The van der Waals surface area contributed by atoms with E-state index in [1.165, 1.54) is 0 Å². The van der Waals surface area contributed by atoms with Gasteiger partial charge in [0, 0.05) is 11.4 Å². The van der Waals surface area contributed by atoms with Crippen LogP contribution in [0.25, 0.3) is 0 Å². The molecule has 3 N–H and O–H groups in total. The summed E-state index contributed by atoms with van der Waals surface area (Å²) in [5, 5.41) is 9.03. The number of carbonyl (C=O) groups excluding carboxylic acids is 1. The van der Waals surface area contributed by atoms with E-state index in [9.17, 15) is 4.79 Å². The molecule has 0 aromatic heterocycles. The average Bonchev–Trinajstić information content (AvgIpc) is 2.75. The first-order valence-electron chi connectivity index (χ1n) is 6.55. The molecule has 1 amide bonds. The molecule has 4 nitrogen and oxygen atoms in total. The van der Waals surface area contributed by atoms with Crippen molar-refractivity contribution < 1.29 is 9.90 Å². The molecule has 0 unspecified atom stereocenters. The Morgan fingerprint density at radius 1 is 1.10 bits per heavy atom. The van der Waals surface area contributed by atoms with Gasteiger partial charge in [0.2, 0.25) is 5.91 Å². The maximum absolute atomic E-state index is 12.1. The van der Waals surface area contributed by atoms with E-state index in [1.54, 1.807) is 4.90 Å². The van der Waals surface area contributed by atoms with E-state index < -0.39 is 0 Å². The zero-order valence-corrected chi connectivity index (χ0v) is 11.0. The first-order chi connectivity index (χ1) is 9.67. The second kappa shape index (κ2) is 4.98. The fraction of sp³-hybridized carbons (Fsp3) is 0.188. The smallest absolute Gasteiger partial charge is 0.231 e. The van der Waals surface area contributed by atoms with Crippen LogP contribution in [0.3, 0.4) is 0 Å². The molecule has 0 saturated carbocycles. The van der Waals surface area contributed by atoms with Gasteiger partial charge in [0.05, 0.1) is 19.6 Å². The van der Waals surface area contributed by atoms with Gasteiger partial charge in [0.25, 0.3) is 0 Å². The van der Waals surface area contributed by atoms with Gasteiger partial charge in [-0.05, 0) is 34.9 Å². The van der Waals surface area contributed by atoms with Gasteiger partial charge >= 0.3 is 0 Å². The highest BCUT2D eigenvalue weighted by Gasteiger charge is 2.27. The lowest BCUT2D eigenvalue weighted by molar-refractivity contribution is -0.117. The highest BCUT2D eigenvalue weighted by Crippen LogP contribution is 2.31. The molecule has 0 spiro atoms. The minimum atomic E-state index is 0.0328. The molecule has 0 aliphatic carbocycles. The van der Waals surface area contributed by atoms with Gasteiger partial charge in [0.15, 0.2) is 0 Å². The Hall–Kier alpha value is -2.33. The number of aliphatic hydroxyl groups excluding tert-OH is 1. The lowest BCUT2D eigenvalue weighted by Gasteiger charge is -2.18. The Morgan fingerprint density at radius 2 is 1.80 bits per heavy atom. The highest BCUT2D eigenvalue weighted by atomic mass is 16.3. The number of benzene rings is 2. The van der Waals surface area contributed by atoms with E-state index >= 15 is 0 Å². The number of amides is 1. The van der Waals surface area contributed by atoms with Gasteiger partial charge in [-0.15, -0.1) is 0 Å². The third-order valence-corrected chi connectivity index (χ3v) is 3.58. The summed E-state index contributed by atoms with van der Waals surface area (Å²) in [5.74, 6) is 0.0943. The number of nitrogens with zero attached hydrogens (tertiary/aromatic N) is 1. The molecule has 102 valence electrons. The van der Waals surface area contributed by atoms with Crippen molar-refractivity contribution in [3.8, 4) is 0 Å². The minimum Gasteiger partial charge on any atom is -0.399 e. The lowest BCUT2D eigenvalue weighted by Crippen LogP contribution is -2.25. The molecule has 4 heteroatoms. The van der Waals surface area contributed by atoms with Crippen LogP contribution in [0.2, 0.25) is 0 Å². The Bertz CT molecular complexity index is 650. The van der Waals surface area contributed by atoms with E-state index in [0.717, 1.165) is 22.4 Å². The van der Waals surface area contributed by atoms with Crippen molar-refractivity contribution in [2.24, 2.45) is 0 Å². The highest BCUT2D eigenvalue weighted by molar-refractivity contribution is 6.01. The molecule has 1 aliphatic rings. The average molecular weight is 268 g/mol. The SMILES string of the molecule is Nc1ccc2c(c1)CC(=O)N2Cc1ccc(CO)cc1. The van der Waals surface area contributed by atoms with Crippen molar-refractivity contribution in [2.45, 2.75) is 19.6 Å². The van der Waals surface area contributed by atoms with Gasteiger partial charge in [-0.2, -0.15) is 0 Å². The number of hydrogen-bond acceptors (Lipinski definition) is 3. The van der Waals surface area contributed by atoms with Crippen LogP contribution in [0.1, 0.15) is 16.7 Å². The van der Waals surface area contributed by atoms with Crippen LogP contribution in [-0.4, -0.2) is 11.0 Å². The molecule has 0 atom stereocenters. The normalized spacial score (nSPS) is 13.7. The van der Waals surface area contributed by atoms with Crippen LogP contribution < -0.4 is 10.6 Å². The van der Waals surface area contributed by atoms with Gasteiger partial charge in [-0.3, -0.25) is 4.79 Å². The fourth-order valence-electron chi connectivity index (χ4n) is 2.51. The molecule has 1 aliphatic heterocycles. The van der Waals surface area contributed by atoms with Crippen LogP contribution in [0.5, 0.6) is 0 Å². The largest absolute Gasteiger partial charge is 0.399 e. The van der Waals surface area contributed by atoms with Crippen LogP contribution in [-0.2, 0) is 24.4 Å². The standard InChI is InChI=1S/C16H16N2O2/c17-14-5-6-15-13(7-14)8-16(20)18(15)9-11-1-3-12(10-19)4-2-11/h1-7,19H,8-10,17H2. The zero-order chi connectivity index (χ0) is 14.1. The monoisotopic (exact) mass is 268 g/mol. The zero-order valence-electron chi connectivity index (χ0n) is 11.0. The van der Waals surface area contributed by atoms with Gasteiger partial charge < -0.3 is 15.7 Å². The first kappa shape index (κ1) is 12.7. The van der Waals surface area contributed by atoms with Gasteiger partial charge in [-0.25, -0.2) is 0 Å². The maximum atomic E-state index is 12.1. The van der Waals surface area contributed by atoms with Crippen LogP contribution in [0.15, 0.2) is 42.5 Å². The van der Waals surface area contributed by atoms with Crippen LogP contribution in [0, 0.1) is 0 Å². The second-order valence-corrected chi connectivity index (χ2v) is 5.02. The van der Waals surface area contributed by atoms with E-state index in [2.05, 4.69) is 0 Å². The molecule has 0 saturated heterocycles. The number of aliphatic hydroxyl groups is 1. The van der Waals surface area contributed by atoms with Crippen LogP contribution >= 0.6 is 0 Å². The molecule has 0 radical (unpaired) electrons. The molecule has 20 heavy (non-hydrogen) atoms. The lowest BCUT2D eigenvalue weighted by atomic mass is 10.1. The number of nitrogens with two attached hydrogens (primary N) is 1. The molecule has 3 rings (SSSR count). The molecule has 0 fully saturated rings. The molecule has 2 aromatic rings. The van der Waals surface area contributed by atoms with Gasteiger partial charge in [0.1, 0.15) is 0 Å². The molecular weight excluding hydrogens is 252 g/mol. The molecule has 1 heterocycles. The maximum Gasteiger partial charge on any atom is 0.231 e. The predicted octanol–water partition coefficient (Wildman–Crippen LogP) is 1.85. The molecular formula is C16H16N2O2. The predicted molar refractivity (Wildman–Crippen MR) is 78.1 cm³/mol. The Labute approximate surface area is 117 Å². The summed E-state index contributed by atoms with van der Waals surface area (Å²) >= 11 is 0. The number of carbonyl (C=O) groups is 1. The number of anilines is 2. The van der Waals surface area contributed by atoms with Crippen molar-refractivity contribution in [3.05, 3.63) is 59.2 Å². The van der Waals surface area contributed by atoms with Gasteiger partial charge in [-0.1, -0.05) is 24.3 Å². The van der Waals surface area contributed by atoms with E-state index in [-0.39, 0.29) is 12.5 Å². The summed E-state index contributed by atoms with van der Waals surface area (Å²) in [6.07, 6.45) is 0.412. The number of nitrogen functional groups attached to an aromatic ring is 1. The van der Waals surface area contributed by atoms with E-state index in [1.807, 2.05) is 42.5 Å². The summed E-state index contributed by atoms with van der Waals surface area (Å²) in [4.78, 5) is 13.9. The third-order valence-electron chi connectivity index (χ3n) is 3.58. The Balaban J connectivity index is 1.86. The summed E-state index contributed by atoms with van der Waals surface area (Å²) in [6.45, 7) is 0.576. The molecule has 2 aromatic carbocycles. The number of hydrogen-bond donors (Lipinski definition) is 2. The van der Waals surface area contributed by atoms with Crippen LogP contribution in [0.4, 0.5) is 11.4 Å².